The normalized spacial score (nSPS) is 25.0. The Morgan fingerprint density at radius 3 is 2.73 bits per heavy atom. The highest BCUT2D eigenvalue weighted by atomic mass is 35.5. The van der Waals surface area contributed by atoms with E-state index in [9.17, 15) is 13.2 Å². The van der Waals surface area contributed by atoms with Crippen molar-refractivity contribution in [2.24, 2.45) is 5.92 Å². The number of ether oxygens (including phenoxy) is 1. The number of benzene rings is 1. The van der Waals surface area contributed by atoms with E-state index in [0.29, 0.717) is 11.5 Å². The lowest BCUT2D eigenvalue weighted by Gasteiger charge is -2.36. The van der Waals surface area contributed by atoms with Gasteiger partial charge in [-0.1, -0.05) is 18.2 Å². The van der Waals surface area contributed by atoms with Gasteiger partial charge in [0.25, 0.3) is 0 Å². The van der Waals surface area contributed by atoms with Crippen LogP contribution in [0.25, 0.3) is 0 Å². The standard InChI is InChI=1S/C15H16ClF3N2O/c1-9-20-8-14(15(17,18)19,22-7-10-2-3-10)12-6-11(16)4-5-13(12)21-9/h4-6,10,20-21H,1-3,7-8H2. The second-order valence-electron chi connectivity index (χ2n) is 5.73. The summed E-state index contributed by atoms with van der Waals surface area (Å²) in [5, 5.41) is 5.73. The number of halogens is 4. The van der Waals surface area contributed by atoms with Gasteiger partial charge >= 0.3 is 6.18 Å². The summed E-state index contributed by atoms with van der Waals surface area (Å²) >= 11 is 5.93. The van der Waals surface area contributed by atoms with Crippen LogP contribution in [0, 0.1) is 5.92 Å². The molecule has 0 bridgehead atoms. The first-order valence-corrected chi connectivity index (χ1v) is 7.40. The van der Waals surface area contributed by atoms with Crippen molar-refractivity contribution >= 4 is 17.3 Å². The third-order valence-corrected chi connectivity index (χ3v) is 4.21. The third kappa shape index (κ3) is 2.77. The van der Waals surface area contributed by atoms with Crippen molar-refractivity contribution < 1.29 is 17.9 Å². The van der Waals surface area contributed by atoms with Gasteiger partial charge in [0.1, 0.15) is 0 Å². The minimum Gasteiger partial charge on any atom is -0.368 e. The second-order valence-corrected chi connectivity index (χ2v) is 6.16. The zero-order valence-electron chi connectivity index (χ0n) is 11.8. The van der Waals surface area contributed by atoms with Crippen LogP contribution in [0.4, 0.5) is 18.9 Å². The number of anilines is 1. The van der Waals surface area contributed by atoms with Crippen LogP contribution < -0.4 is 10.6 Å². The van der Waals surface area contributed by atoms with E-state index in [1.807, 2.05) is 0 Å². The molecular formula is C15H16ClF3N2O. The Labute approximate surface area is 131 Å². The van der Waals surface area contributed by atoms with E-state index < -0.39 is 18.3 Å². The summed E-state index contributed by atoms with van der Waals surface area (Å²) in [6, 6.07) is 4.36. The number of hydrogen-bond acceptors (Lipinski definition) is 3. The number of fused-ring (bicyclic) bond motifs is 1. The molecule has 1 unspecified atom stereocenters. The van der Waals surface area contributed by atoms with Crippen LogP contribution in [0.1, 0.15) is 18.4 Å². The van der Waals surface area contributed by atoms with E-state index in [1.165, 1.54) is 18.2 Å². The van der Waals surface area contributed by atoms with Gasteiger partial charge in [0.15, 0.2) is 0 Å². The predicted molar refractivity (Wildman–Crippen MR) is 78.6 cm³/mol. The largest absolute Gasteiger partial charge is 0.423 e. The van der Waals surface area contributed by atoms with Crippen LogP contribution in [0.3, 0.4) is 0 Å². The van der Waals surface area contributed by atoms with Gasteiger partial charge < -0.3 is 15.4 Å². The van der Waals surface area contributed by atoms with Gasteiger partial charge in [0.2, 0.25) is 5.60 Å². The molecule has 1 saturated carbocycles. The Balaban J connectivity index is 2.10. The maximum absolute atomic E-state index is 13.9. The van der Waals surface area contributed by atoms with Gasteiger partial charge in [-0.2, -0.15) is 13.2 Å². The molecule has 1 heterocycles. The van der Waals surface area contributed by atoms with Crippen LogP contribution in [0.15, 0.2) is 30.6 Å². The van der Waals surface area contributed by atoms with Crippen LogP contribution in [-0.2, 0) is 10.3 Å². The number of hydrogen-bond donors (Lipinski definition) is 2. The Kier molecular flexibility index (Phi) is 3.77. The minimum atomic E-state index is -4.58. The SMILES string of the molecule is C=C1NCC(OCC2CC2)(C(F)(F)F)c2cc(Cl)ccc2N1. The molecule has 1 aromatic rings. The van der Waals surface area contributed by atoms with Crippen LogP contribution >= 0.6 is 11.6 Å². The van der Waals surface area contributed by atoms with E-state index in [2.05, 4.69) is 17.2 Å². The molecule has 120 valence electrons. The second kappa shape index (κ2) is 5.35. The average Bonchev–Trinajstić information content (AvgIpc) is 3.24. The summed E-state index contributed by atoms with van der Waals surface area (Å²) in [4.78, 5) is 0. The highest BCUT2D eigenvalue weighted by Crippen LogP contribution is 2.48. The molecular weight excluding hydrogens is 317 g/mol. The smallest absolute Gasteiger partial charge is 0.368 e. The summed E-state index contributed by atoms with van der Waals surface area (Å²) in [5.41, 5.74) is -2.16. The summed E-state index contributed by atoms with van der Waals surface area (Å²) in [6.07, 6.45) is -2.76. The van der Waals surface area contributed by atoms with E-state index in [1.54, 1.807) is 0 Å². The minimum absolute atomic E-state index is 0.0145. The maximum atomic E-state index is 13.9. The van der Waals surface area contributed by atoms with E-state index >= 15 is 0 Å². The quantitative estimate of drug-likeness (QED) is 0.877. The first kappa shape index (κ1) is 15.5. The molecule has 0 aromatic heterocycles. The van der Waals surface area contributed by atoms with Crippen molar-refractivity contribution in [1.29, 1.82) is 0 Å². The summed E-state index contributed by atoms with van der Waals surface area (Å²) in [5.74, 6) is 0.506. The van der Waals surface area contributed by atoms with Crippen molar-refractivity contribution in [2.75, 3.05) is 18.5 Å². The molecule has 2 N–H and O–H groups in total. The van der Waals surface area contributed by atoms with E-state index in [-0.39, 0.29) is 23.1 Å². The highest BCUT2D eigenvalue weighted by molar-refractivity contribution is 6.30. The number of rotatable bonds is 3. The first-order chi connectivity index (χ1) is 10.3. The Bertz CT molecular complexity index is 601. The van der Waals surface area contributed by atoms with E-state index in [4.69, 9.17) is 16.3 Å². The lowest BCUT2D eigenvalue weighted by molar-refractivity contribution is -0.283. The molecule has 1 atom stereocenters. The fourth-order valence-electron chi connectivity index (χ4n) is 2.50. The average molecular weight is 333 g/mol. The molecule has 0 amide bonds. The molecule has 2 aliphatic rings. The van der Waals surface area contributed by atoms with Gasteiger partial charge in [0.05, 0.1) is 19.0 Å². The Hall–Kier alpha value is -1.40. The molecule has 1 fully saturated rings. The fourth-order valence-corrected chi connectivity index (χ4v) is 2.67. The molecule has 3 rings (SSSR count). The zero-order chi connectivity index (χ0) is 16.0. The van der Waals surface area contributed by atoms with Gasteiger partial charge in [-0.05, 0) is 37.0 Å². The lowest BCUT2D eigenvalue weighted by Crippen LogP contribution is -2.51. The number of nitrogens with one attached hydrogen (secondary N) is 2. The van der Waals surface area contributed by atoms with Crippen molar-refractivity contribution in [3.63, 3.8) is 0 Å². The molecule has 1 aromatic carbocycles. The highest BCUT2D eigenvalue weighted by Gasteiger charge is 2.59. The van der Waals surface area contributed by atoms with Crippen molar-refractivity contribution in [3.8, 4) is 0 Å². The first-order valence-electron chi connectivity index (χ1n) is 7.02. The van der Waals surface area contributed by atoms with Crippen LogP contribution in [0.5, 0.6) is 0 Å². The van der Waals surface area contributed by atoms with Crippen molar-refractivity contribution in [2.45, 2.75) is 24.6 Å². The Morgan fingerprint density at radius 2 is 2.09 bits per heavy atom. The molecule has 1 aliphatic carbocycles. The lowest BCUT2D eigenvalue weighted by atomic mass is 9.91. The third-order valence-electron chi connectivity index (χ3n) is 3.97. The summed E-state index contributed by atoms with van der Waals surface area (Å²) < 4.78 is 47.2. The summed E-state index contributed by atoms with van der Waals surface area (Å²) in [6.45, 7) is 3.31. The predicted octanol–water partition coefficient (Wildman–Crippen LogP) is 4.01. The number of alkyl halides is 3. The molecule has 0 saturated heterocycles. The summed E-state index contributed by atoms with van der Waals surface area (Å²) in [7, 11) is 0. The molecule has 22 heavy (non-hydrogen) atoms. The molecule has 3 nitrogen and oxygen atoms in total. The van der Waals surface area contributed by atoms with Crippen molar-refractivity contribution in [1.82, 2.24) is 5.32 Å². The molecule has 7 heteroatoms. The van der Waals surface area contributed by atoms with Crippen LogP contribution in [-0.4, -0.2) is 19.3 Å². The van der Waals surface area contributed by atoms with Gasteiger partial charge in [-0.15, -0.1) is 0 Å². The molecule has 1 aliphatic heterocycles. The zero-order valence-corrected chi connectivity index (χ0v) is 12.5. The van der Waals surface area contributed by atoms with Crippen LogP contribution in [0.2, 0.25) is 5.02 Å². The van der Waals surface area contributed by atoms with Gasteiger partial charge in [-0.3, -0.25) is 0 Å². The van der Waals surface area contributed by atoms with Crippen molar-refractivity contribution in [3.05, 3.63) is 41.2 Å². The fraction of sp³-hybridized carbons (Fsp3) is 0.467. The van der Waals surface area contributed by atoms with E-state index in [0.717, 1.165) is 12.8 Å². The van der Waals surface area contributed by atoms with Gasteiger partial charge in [0, 0.05) is 16.3 Å². The topological polar surface area (TPSA) is 33.3 Å². The maximum Gasteiger partial charge on any atom is 0.423 e. The molecule has 0 radical (unpaired) electrons. The molecule has 0 spiro atoms. The monoisotopic (exact) mass is 332 g/mol. The van der Waals surface area contributed by atoms with Gasteiger partial charge in [-0.25, -0.2) is 0 Å². The Morgan fingerprint density at radius 1 is 1.36 bits per heavy atom.